The lowest BCUT2D eigenvalue weighted by molar-refractivity contribution is -0.125. The summed E-state index contributed by atoms with van der Waals surface area (Å²) in [6.45, 7) is 3.69. The molecule has 1 amide bonds. The fourth-order valence-electron chi connectivity index (χ4n) is 2.26. The van der Waals surface area contributed by atoms with Crippen LogP contribution in [0.5, 0.6) is 0 Å². The number of rotatable bonds is 6. The summed E-state index contributed by atoms with van der Waals surface area (Å²) in [5.41, 5.74) is 2.55. The van der Waals surface area contributed by atoms with Crippen molar-refractivity contribution in [2.75, 3.05) is 6.61 Å². The Labute approximate surface area is 146 Å². The molecule has 0 spiro atoms. The number of hydrogen-bond donors (Lipinski definition) is 1. The maximum atomic E-state index is 12.0. The Bertz CT molecular complexity index is 696. The number of aryl methyl sites for hydroxylation is 1. The first-order chi connectivity index (χ1) is 11.5. The number of amides is 1. The van der Waals surface area contributed by atoms with Gasteiger partial charge in [0.25, 0.3) is 5.91 Å². The molecule has 4 nitrogen and oxygen atoms in total. The summed E-state index contributed by atoms with van der Waals surface area (Å²) < 4.78 is 5.04. The number of carbonyl (C=O) groups is 2. The summed E-state index contributed by atoms with van der Waals surface area (Å²) in [5.74, 6) is -0.880. The minimum Gasteiger partial charge on any atom is -0.452 e. The molecule has 0 aliphatic rings. The second kappa shape index (κ2) is 8.50. The molecule has 2 rings (SSSR count). The molecule has 2 aromatic rings. The summed E-state index contributed by atoms with van der Waals surface area (Å²) in [6, 6.07) is 14.2. The van der Waals surface area contributed by atoms with E-state index in [2.05, 4.69) is 5.32 Å². The van der Waals surface area contributed by atoms with Crippen molar-refractivity contribution in [1.82, 2.24) is 5.32 Å². The van der Waals surface area contributed by atoms with Gasteiger partial charge >= 0.3 is 5.97 Å². The third kappa shape index (κ3) is 5.10. The third-order valence-electron chi connectivity index (χ3n) is 3.64. The lowest BCUT2D eigenvalue weighted by atomic mass is 10.0. The second-order valence-electron chi connectivity index (χ2n) is 5.52. The number of nitrogens with one attached hydrogen (secondary N) is 1. The Morgan fingerprint density at radius 3 is 2.29 bits per heavy atom. The zero-order valence-corrected chi connectivity index (χ0v) is 14.5. The number of carbonyl (C=O) groups excluding carboxylic acids is 2. The van der Waals surface area contributed by atoms with Gasteiger partial charge in [0.2, 0.25) is 0 Å². The molecule has 0 bridgehead atoms. The van der Waals surface area contributed by atoms with Gasteiger partial charge in [-0.1, -0.05) is 48.4 Å². The first-order valence-corrected chi connectivity index (χ1v) is 8.16. The van der Waals surface area contributed by atoms with Gasteiger partial charge in [-0.15, -0.1) is 0 Å². The molecule has 0 saturated carbocycles. The van der Waals surface area contributed by atoms with Crippen LogP contribution in [-0.2, 0) is 9.53 Å². The van der Waals surface area contributed by atoms with Crippen molar-refractivity contribution in [3.8, 4) is 0 Å². The van der Waals surface area contributed by atoms with Gasteiger partial charge in [0.05, 0.1) is 11.6 Å². The highest BCUT2D eigenvalue weighted by molar-refractivity contribution is 6.30. The van der Waals surface area contributed by atoms with Gasteiger partial charge in [0, 0.05) is 5.02 Å². The number of halogens is 1. The molecule has 126 valence electrons. The van der Waals surface area contributed by atoms with E-state index >= 15 is 0 Å². The minimum atomic E-state index is -0.551. The molecule has 1 N–H and O–H groups in total. The van der Waals surface area contributed by atoms with Gasteiger partial charge in [0.15, 0.2) is 6.61 Å². The fourth-order valence-corrected chi connectivity index (χ4v) is 2.38. The quantitative estimate of drug-likeness (QED) is 0.803. The third-order valence-corrected chi connectivity index (χ3v) is 3.89. The molecule has 24 heavy (non-hydrogen) atoms. The fraction of sp³-hybridized carbons (Fsp3) is 0.263. The molecular weight excluding hydrogens is 326 g/mol. The Morgan fingerprint density at radius 2 is 1.71 bits per heavy atom. The zero-order valence-electron chi connectivity index (χ0n) is 13.7. The maximum absolute atomic E-state index is 12.0. The molecule has 0 aliphatic carbocycles. The number of benzene rings is 2. The Kier molecular flexibility index (Phi) is 6.38. The van der Waals surface area contributed by atoms with Gasteiger partial charge in [-0.05, 0) is 43.2 Å². The number of ether oxygens (including phenoxy) is 1. The monoisotopic (exact) mass is 345 g/mol. The van der Waals surface area contributed by atoms with Gasteiger partial charge in [-0.25, -0.2) is 4.79 Å². The molecule has 0 heterocycles. The molecule has 5 heteroatoms. The van der Waals surface area contributed by atoms with Crippen molar-refractivity contribution in [3.63, 3.8) is 0 Å². The van der Waals surface area contributed by atoms with Crippen LogP contribution in [0.3, 0.4) is 0 Å². The maximum Gasteiger partial charge on any atom is 0.338 e. The minimum absolute atomic E-state index is 0.104. The normalized spacial score (nSPS) is 11.6. The van der Waals surface area contributed by atoms with Crippen LogP contribution in [0.1, 0.15) is 40.9 Å². The Hall–Kier alpha value is -2.33. The lowest BCUT2D eigenvalue weighted by Crippen LogP contribution is -2.32. The summed E-state index contributed by atoms with van der Waals surface area (Å²) in [6.07, 6.45) is 0.750. The van der Waals surface area contributed by atoms with Crippen molar-refractivity contribution >= 4 is 23.5 Å². The van der Waals surface area contributed by atoms with E-state index in [1.165, 1.54) is 0 Å². The molecule has 1 atom stereocenters. The van der Waals surface area contributed by atoms with E-state index in [1.807, 2.05) is 38.1 Å². The highest BCUT2D eigenvalue weighted by Gasteiger charge is 2.15. The average molecular weight is 346 g/mol. The highest BCUT2D eigenvalue weighted by Crippen LogP contribution is 2.17. The van der Waals surface area contributed by atoms with E-state index in [0.717, 1.165) is 17.5 Å². The molecular formula is C19H20ClNO3. The van der Waals surface area contributed by atoms with Crippen LogP contribution in [0.25, 0.3) is 0 Å². The highest BCUT2D eigenvalue weighted by atomic mass is 35.5. The summed E-state index contributed by atoms with van der Waals surface area (Å²) >= 11 is 5.77. The van der Waals surface area contributed by atoms with Crippen LogP contribution in [0, 0.1) is 6.92 Å². The van der Waals surface area contributed by atoms with Gasteiger partial charge < -0.3 is 10.1 Å². The van der Waals surface area contributed by atoms with Crippen molar-refractivity contribution < 1.29 is 14.3 Å². The number of esters is 1. The van der Waals surface area contributed by atoms with Crippen molar-refractivity contribution in [3.05, 3.63) is 70.2 Å². The first kappa shape index (κ1) is 18.0. The average Bonchev–Trinajstić information content (AvgIpc) is 2.59. The smallest absolute Gasteiger partial charge is 0.338 e. The standard InChI is InChI=1S/C19H20ClNO3/c1-3-17(14-6-4-13(2)5-7-14)21-18(22)12-24-19(23)15-8-10-16(20)11-9-15/h4-11,17H,3,12H2,1-2H3,(H,21,22)/t17-/m0/s1. The molecule has 0 saturated heterocycles. The van der Waals surface area contributed by atoms with Gasteiger partial charge in [-0.2, -0.15) is 0 Å². The predicted molar refractivity (Wildman–Crippen MR) is 94.1 cm³/mol. The van der Waals surface area contributed by atoms with E-state index in [-0.39, 0.29) is 18.6 Å². The molecule has 0 fully saturated rings. The van der Waals surface area contributed by atoms with Crippen LogP contribution in [0.15, 0.2) is 48.5 Å². The Balaban J connectivity index is 1.88. The molecule has 2 aromatic carbocycles. The molecule has 0 aliphatic heterocycles. The van der Waals surface area contributed by atoms with E-state index in [0.29, 0.717) is 10.6 Å². The van der Waals surface area contributed by atoms with Crippen LogP contribution in [0.2, 0.25) is 5.02 Å². The topological polar surface area (TPSA) is 55.4 Å². The SMILES string of the molecule is CC[C@H](NC(=O)COC(=O)c1ccc(Cl)cc1)c1ccc(C)cc1. The molecule has 0 radical (unpaired) electrons. The zero-order chi connectivity index (χ0) is 17.5. The van der Waals surface area contributed by atoms with E-state index in [4.69, 9.17) is 16.3 Å². The van der Waals surface area contributed by atoms with Crippen molar-refractivity contribution in [2.24, 2.45) is 0 Å². The number of hydrogen-bond acceptors (Lipinski definition) is 3. The van der Waals surface area contributed by atoms with E-state index in [9.17, 15) is 9.59 Å². The van der Waals surface area contributed by atoms with Crippen molar-refractivity contribution in [1.29, 1.82) is 0 Å². The second-order valence-corrected chi connectivity index (χ2v) is 5.96. The first-order valence-electron chi connectivity index (χ1n) is 7.78. The summed E-state index contributed by atoms with van der Waals surface area (Å²) in [7, 11) is 0. The lowest BCUT2D eigenvalue weighted by Gasteiger charge is -2.17. The van der Waals surface area contributed by atoms with Gasteiger partial charge in [0.1, 0.15) is 0 Å². The van der Waals surface area contributed by atoms with Crippen LogP contribution < -0.4 is 5.32 Å². The van der Waals surface area contributed by atoms with Crippen LogP contribution >= 0.6 is 11.6 Å². The molecule has 0 aromatic heterocycles. The molecule has 0 unspecified atom stereocenters. The van der Waals surface area contributed by atoms with Gasteiger partial charge in [-0.3, -0.25) is 4.79 Å². The van der Waals surface area contributed by atoms with E-state index in [1.54, 1.807) is 24.3 Å². The predicted octanol–water partition coefficient (Wildman–Crippen LogP) is 4.07. The summed E-state index contributed by atoms with van der Waals surface area (Å²) in [4.78, 5) is 23.9. The van der Waals surface area contributed by atoms with Crippen LogP contribution in [0.4, 0.5) is 0 Å². The van der Waals surface area contributed by atoms with E-state index < -0.39 is 5.97 Å². The van der Waals surface area contributed by atoms with Crippen LogP contribution in [-0.4, -0.2) is 18.5 Å². The Morgan fingerprint density at radius 1 is 1.08 bits per heavy atom. The summed E-state index contributed by atoms with van der Waals surface area (Å²) in [5, 5.41) is 3.42. The largest absolute Gasteiger partial charge is 0.452 e. The van der Waals surface area contributed by atoms with Crippen molar-refractivity contribution in [2.45, 2.75) is 26.3 Å².